The molecule has 15 heavy (non-hydrogen) atoms. The van der Waals surface area contributed by atoms with Crippen LogP contribution in [0.15, 0.2) is 12.4 Å². The van der Waals surface area contributed by atoms with Gasteiger partial charge in [-0.1, -0.05) is 0 Å². The molecule has 1 aromatic rings. The summed E-state index contributed by atoms with van der Waals surface area (Å²) in [5.74, 6) is 0. The Balaban J connectivity index is 2.11. The number of aromatic nitrogens is 1. The molecule has 0 atom stereocenters. The third kappa shape index (κ3) is 1.62. The Morgan fingerprint density at radius 1 is 0.867 bits per heavy atom. The van der Waals surface area contributed by atoms with E-state index in [2.05, 4.69) is 22.3 Å². The SMILES string of the molecule is c1ncc2c3c1CCCCN3CCCC2. The highest BCUT2D eigenvalue weighted by Crippen LogP contribution is 2.32. The first-order valence-corrected chi connectivity index (χ1v) is 6.16. The van der Waals surface area contributed by atoms with E-state index in [0.29, 0.717) is 0 Å². The van der Waals surface area contributed by atoms with Crippen molar-refractivity contribution in [2.24, 2.45) is 0 Å². The lowest BCUT2D eigenvalue weighted by Crippen LogP contribution is -2.25. The van der Waals surface area contributed by atoms with Crippen LogP contribution in [0, 0.1) is 0 Å². The molecule has 80 valence electrons. The molecule has 0 N–H and O–H groups in total. The maximum Gasteiger partial charge on any atom is 0.0462 e. The first kappa shape index (κ1) is 9.20. The zero-order valence-electron chi connectivity index (χ0n) is 9.21. The first-order chi connectivity index (χ1) is 7.45. The number of hydrogen-bond donors (Lipinski definition) is 0. The van der Waals surface area contributed by atoms with Crippen molar-refractivity contribution in [2.75, 3.05) is 18.0 Å². The van der Waals surface area contributed by atoms with Crippen molar-refractivity contribution in [2.45, 2.75) is 38.5 Å². The summed E-state index contributed by atoms with van der Waals surface area (Å²) in [6.45, 7) is 2.51. The summed E-state index contributed by atoms with van der Waals surface area (Å²) >= 11 is 0. The van der Waals surface area contributed by atoms with Crippen LogP contribution in [0.4, 0.5) is 5.69 Å². The lowest BCUT2D eigenvalue weighted by atomic mass is 10.0. The topological polar surface area (TPSA) is 16.1 Å². The Morgan fingerprint density at radius 2 is 1.47 bits per heavy atom. The van der Waals surface area contributed by atoms with Gasteiger partial charge in [0, 0.05) is 31.2 Å². The van der Waals surface area contributed by atoms with E-state index in [4.69, 9.17) is 0 Å². The quantitative estimate of drug-likeness (QED) is 0.642. The van der Waals surface area contributed by atoms with Crippen LogP contribution < -0.4 is 4.90 Å². The summed E-state index contributed by atoms with van der Waals surface area (Å²) in [5.41, 5.74) is 4.53. The molecule has 0 saturated heterocycles. The van der Waals surface area contributed by atoms with Gasteiger partial charge in [-0.3, -0.25) is 4.98 Å². The van der Waals surface area contributed by atoms with E-state index in [1.165, 1.54) is 62.7 Å². The molecule has 2 aliphatic heterocycles. The van der Waals surface area contributed by atoms with Gasteiger partial charge in [0.25, 0.3) is 0 Å². The Morgan fingerprint density at radius 3 is 2.07 bits per heavy atom. The lowest BCUT2D eigenvalue weighted by molar-refractivity contribution is 0.680. The van der Waals surface area contributed by atoms with Crippen molar-refractivity contribution < 1.29 is 0 Å². The van der Waals surface area contributed by atoms with Gasteiger partial charge in [-0.25, -0.2) is 0 Å². The smallest absolute Gasteiger partial charge is 0.0462 e. The van der Waals surface area contributed by atoms with E-state index in [1.54, 1.807) is 5.69 Å². The lowest BCUT2D eigenvalue weighted by Gasteiger charge is -2.24. The number of hydrogen-bond acceptors (Lipinski definition) is 2. The molecule has 0 saturated carbocycles. The minimum Gasteiger partial charge on any atom is -0.371 e. The van der Waals surface area contributed by atoms with Crippen LogP contribution in [-0.4, -0.2) is 18.1 Å². The van der Waals surface area contributed by atoms with Gasteiger partial charge in [-0.15, -0.1) is 0 Å². The third-order valence-electron chi connectivity index (χ3n) is 3.63. The van der Waals surface area contributed by atoms with E-state index in [0.717, 1.165) is 0 Å². The summed E-state index contributed by atoms with van der Waals surface area (Å²) in [7, 11) is 0. The second-order valence-corrected chi connectivity index (χ2v) is 4.71. The molecule has 0 aliphatic carbocycles. The summed E-state index contributed by atoms with van der Waals surface area (Å²) in [5, 5.41) is 0. The normalized spacial score (nSPS) is 20.4. The van der Waals surface area contributed by atoms with E-state index in [9.17, 15) is 0 Å². The summed E-state index contributed by atoms with van der Waals surface area (Å²) in [6.07, 6.45) is 12.0. The molecule has 2 nitrogen and oxygen atoms in total. The van der Waals surface area contributed by atoms with E-state index in [1.807, 2.05) is 0 Å². The zero-order valence-corrected chi connectivity index (χ0v) is 9.21. The number of rotatable bonds is 0. The van der Waals surface area contributed by atoms with Gasteiger partial charge < -0.3 is 4.90 Å². The first-order valence-electron chi connectivity index (χ1n) is 6.16. The minimum atomic E-state index is 1.23. The predicted molar refractivity (Wildman–Crippen MR) is 62.3 cm³/mol. The Bertz CT molecular complexity index is 329. The van der Waals surface area contributed by atoms with E-state index in [-0.39, 0.29) is 0 Å². The highest BCUT2D eigenvalue weighted by atomic mass is 15.1. The highest BCUT2D eigenvalue weighted by molar-refractivity contribution is 5.59. The van der Waals surface area contributed by atoms with Gasteiger partial charge in [-0.2, -0.15) is 0 Å². The van der Waals surface area contributed by atoms with Gasteiger partial charge in [0.1, 0.15) is 0 Å². The molecular weight excluding hydrogens is 184 g/mol. The van der Waals surface area contributed by atoms with Crippen LogP contribution in [0.25, 0.3) is 0 Å². The molecule has 1 aromatic heterocycles. The van der Waals surface area contributed by atoms with Gasteiger partial charge in [0.05, 0.1) is 0 Å². The molecule has 0 radical (unpaired) electrons. The van der Waals surface area contributed by atoms with Crippen molar-refractivity contribution in [3.05, 3.63) is 23.5 Å². The Kier molecular flexibility index (Phi) is 2.35. The van der Waals surface area contributed by atoms with Crippen LogP contribution in [0.3, 0.4) is 0 Å². The predicted octanol–water partition coefficient (Wildman–Crippen LogP) is 2.56. The molecule has 0 unspecified atom stereocenters. The average molecular weight is 202 g/mol. The molecule has 0 fully saturated rings. The largest absolute Gasteiger partial charge is 0.371 e. The fraction of sp³-hybridized carbons (Fsp3) is 0.615. The fourth-order valence-corrected chi connectivity index (χ4v) is 2.89. The summed E-state index contributed by atoms with van der Waals surface area (Å²) in [4.78, 5) is 7.00. The molecular formula is C13H18N2. The second-order valence-electron chi connectivity index (χ2n) is 4.71. The maximum atomic E-state index is 4.39. The minimum absolute atomic E-state index is 1.23. The van der Waals surface area contributed by atoms with Crippen LogP contribution in [0.5, 0.6) is 0 Å². The van der Waals surface area contributed by atoms with Crippen LogP contribution in [0.2, 0.25) is 0 Å². The number of pyridine rings is 1. The van der Waals surface area contributed by atoms with Gasteiger partial charge in [0.15, 0.2) is 0 Å². The second kappa shape index (κ2) is 3.84. The molecule has 2 aliphatic rings. The summed E-state index contributed by atoms with van der Waals surface area (Å²) < 4.78 is 0. The maximum absolute atomic E-state index is 4.39. The summed E-state index contributed by atoms with van der Waals surface area (Å²) in [6, 6.07) is 0. The van der Waals surface area contributed by atoms with Gasteiger partial charge >= 0.3 is 0 Å². The van der Waals surface area contributed by atoms with Crippen LogP contribution in [0.1, 0.15) is 36.8 Å². The Labute approximate surface area is 91.3 Å². The number of anilines is 1. The van der Waals surface area contributed by atoms with Crippen molar-refractivity contribution in [1.29, 1.82) is 0 Å². The molecule has 0 aromatic carbocycles. The van der Waals surface area contributed by atoms with Crippen molar-refractivity contribution >= 4 is 5.69 Å². The number of aryl methyl sites for hydroxylation is 2. The van der Waals surface area contributed by atoms with Crippen molar-refractivity contribution in [3.8, 4) is 0 Å². The fourth-order valence-electron chi connectivity index (χ4n) is 2.89. The van der Waals surface area contributed by atoms with Crippen LogP contribution in [-0.2, 0) is 12.8 Å². The Hall–Kier alpha value is -1.05. The van der Waals surface area contributed by atoms with Crippen molar-refractivity contribution in [3.63, 3.8) is 0 Å². The van der Waals surface area contributed by atoms with E-state index >= 15 is 0 Å². The van der Waals surface area contributed by atoms with Crippen LogP contribution >= 0.6 is 0 Å². The molecule has 0 amide bonds. The highest BCUT2D eigenvalue weighted by Gasteiger charge is 2.20. The molecule has 3 heterocycles. The molecule has 3 rings (SSSR count). The average Bonchev–Trinajstić information content (AvgIpc) is 2.58. The van der Waals surface area contributed by atoms with E-state index < -0.39 is 0 Å². The molecule has 0 bridgehead atoms. The number of nitrogens with zero attached hydrogens (tertiary/aromatic N) is 2. The van der Waals surface area contributed by atoms with Gasteiger partial charge in [-0.05, 0) is 49.7 Å². The van der Waals surface area contributed by atoms with Crippen molar-refractivity contribution in [1.82, 2.24) is 4.98 Å². The molecule has 2 heteroatoms. The standard InChI is InChI=1S/C13H18N2/c1-3-7-15-8-4-2-6-12-10-14-9-11(5-1)13(12)15/h9-10H,1-8H2. The zero-order chi connectivity index (χ0) is 10.1. The third-order valence-corrected chi connectivity index (χ3v) is 3.63. The van der Waals surface area contributed by atoms with Gasteiger partial charge in [0.2, 0.25) is 0 Å². The molecule has 0 spiro atoms. The monoisotopic (exact) mass is 202 g/mol.